The van der Waals surface area contributed by atoms with E-state index in [4.69, 9.17) is 10.5 Å². The molecule has 5 nitrogen and oxygen atoms in total. The molecule has 2 heterocycles. The number of carbonyl (C=O) groups excluding carboxylic acids is 1. The number of methoxy groups -OCH3 is 1. The zero-order chi connectivity index (χ0) is 14.1. The van der Waals surface area contributed by atoms with Gasteiger partial charge in [-0.15, -0.1) is 11.3 Å². The second-order valence-electron chi connectivity index (χ2n) is 4.53. The van der Waals surface area contributed by atoms with Gasteiger partial charge in [0.1, 0.15) is 16.5 Å². The standard InChI is InChI=1S/C14H15N3O2S/c1-19-10-2-3-12-9(6-10)4-5-17(12)14(18)11-8-20-13(7-15)16-11/h2-3,6,8H,4-5,7,15H2,1H3. The number of hydrogen-bond acceptors (Lipinski definition) is 5. The maximum atomic E-state index is 12.5. The van der Waals surface area contributed by atoms with Crippen molar-refractivity contribution in [2.24, 2.45) is 5.73 Å². The summed E-state index contributed by atoms with van der Waals surface area (Å²) in [6.07, 6.45) is 0.839. The number of hydrogen-bond donors (Lipinski definition) is 1. The monoisotopic (exact) mass is 289 g/mol. The van der Waals surface area contributed by atoms with Crippen LogP contribution in [0.5, 0.6) is 5.75 Å². The summed E-state index contributed by atoms with van der Waals surface area (Å²) in [5.74, 6) is 0.752. The molecule has 2 aromatic rings. The van der Waals surface area contributed by atoms with E-state index in [0.717, 1.165) is 28.4 Å². The fourth-order valence-electron chi connectivity index (χ4n) is 2.36. The number of thiazole rings is 1. The molecule has 1 aromatic heterocycles. The molecule has 0 atom stereocenters. The van der Waals surface area contributed by atoms with Crippen molar-refractivity contribution in [3.8, 4) is 5.75 Å². The molecule has 2 N–H and O–H groups in total. The topological polar surface area (TPSA) is 68.5 Å². The Morgan fingerprint density at radius 2 is 2.40 bits per heavy atom. The van der Waals surface area contributed by atoms with Gasteiger partial charge in [0.25, 0.3) is 5.91 Å². The largest absolute Gasteiger partial charge is 0.497 e. The molecule has 6 heteroatoms. The van der Waals surface area contributed by atoms with Gasteiger partial charge in [-0.3, -0.25) is 4.79 Å². The van der Waals surface area contributed by atoms with E-state index in [2.05, 4.69) is 4.98 Å². The fourth-order valence-corrected chi connectivity index (χ4v) is 3.01. The highest BCUT2D eigenvalue weighted by atomic mass is 32.1. The first-order valence-corrected chi connectivity index (χ1v) is 7.24. The third kappa shape index (κ3) is 2.17. The van der Waals surface area contributed by atoms with Crippen LogP contribution in [0.3, 0.4) is 0 Å². The van der Waals surface area contributed by atoms with E-state index in [-0.39, 0.29) is 5.91 Å². The summed E-state index contributed by atoms with van der Waals surface area (Å²) in [5.41, 5.74) is 8.08. The Bertz CT molecular complexity index is 654. The van der Waals surface area contributed by atoms with Crippen molar-refractivity contribution >= 4 is 22.9 Å². The zero-order valence-corrected chi connectivity index (χ0v) is 11.9. The minimum Gasteiger partial charge on any atom is -0.497 e. The number of rotatable bonds is 3. The Hall–Kier alpha value is -1.92. The number of anilines is 1. The number of nitrogens with two attached hydrogens (primary N) is 1. The molecule has 0 radical (unpaired) electrons. The van der Waals surface area contributed by atoms with Crippen LogP contribution in [-0.4, -0.2) is 24.5 Å². The van der Waals surface area contributed by atoms with Gasteiger partial charge in [0.15, 0.2) is 0 Å². The number of fused-ring (bicyclic) bond motifs is 1. The normalized spacial score (nSPS) is 13.4. The smallest absolute Gasteiger partial charge is 0.277 e. The van der Waals surface area contributed by atoms with Crippen LogP contribution in [0, 0.1) is 0 Å². The highest BCUT2D eigenvalue weighted by Crippen LogP contribution is 2.32. The molecule has 0 unspecified atom stereocenters. The number of benzene rings is 1. The van der Waals surface area contributed by atoms with Gasteiger partial charge < -0.3 is 15.4 Å². The third-order valence-electron chi connectivity index (χ3n) is 3.37. The molecule has 20 heavy (non-hydrogen) atoms. The van der Waals surface area contributed by atoms with E-state index >= 15 is 0 Å². The number of nitrogens with zero attached hydrogens (tertiary/aromatic N) is 2. The molecule has 0 saturated carbocycles. The van der Waals surface area contributed by atoms with Gasteiger partial charge >= 0.3 is 0 Å². The molecule has 1 aliphatic rings. The van der Waals surface area contributed by atoms with Crippen LogP contribution in [0.4, 0.5) is 5.69 Å². The average Bonchev–Trinajstić information content (AvgIpc) is 3.12. The minimum absolute atomic E-state index is 0.0649. The maximum absolute atomic E-state index is 12.5. The Kier molecular flexibility index (Phi) is 3.42. The molecule has 1 amide bonds. The number of aromatic nitrogens is 1. The molecular formula is C14H15N3O2S. The minimum atomic E-state index is -0.0649. The summed E-state index contributed by atoms with van der Waals surface area (Å²) in [6.45, 7) is 1.04. The second-order valence-corrected chi connectivity index (χ2v) is 5.47. The zero-order valence-electron chi connectivity index (χ0n) is 11.1. The second kappa shape index (κ2) is 5.22. The summed E-state index contributed by atoms with van der Waals surface area (Å²) < 4.78 is 5.21. The van der Waals surface area contributed by atoms with Gasteiger partial charge in [0.2, 0.25) is 0 Å². The van der Waals surface area contributed by atoms with Crippen molar-refractivity contribution in [3.05, 3.63) is 39.8 Å². The predicted molar refractivity (Wildman–Crippen MR) is 78.4 cm³/mol. The highest BCUT2D eigenvalue weighted by molar-refractivity contribution is 7.09. The lowest BCUT2D eigenvalue weighted by molar-refractivity contribution is 0.0985. The van der Waals surface area contributed by atoms with Crippen molar-refractivity contribution in [2.45, 2.75) is 13.0 Å². The number of ether oxygens (including phenoxy) is 1. The van der Waals surface area contributed by atoms with Crippen LogP contribution in [-0.2, 0) is 13.0 Å². The molecule has 104 valence electrons. The van der Waals surface area contributed by atoms with Crippen LogP contribution >= 0.6 is 11.3 Å². The Balaban J connectivity index is 1.88. The van der Waals surface area contributed by atoms with Crippen LogP contribution in [0.2, 0.25) is 0 Å². The summed E-state index contributed by atoms with van der Waals surface area (Å²) in [6, 6.07) is 5.78. The summed E-state index contributed by atoms with van der Waals surface area (Å²) in [7, 11) is 1.64. The Morgan fingerprint density at radius 3 is 3.10 bits per heavy atom. The van der Waals surface area contributed by atoms with E-state index in [1.165, 1.54) is 11.3 Å². The first-order chi connectivity index (χ1) is 9.72. The van der Waals surface area contributed by atoms with Crippen molar-refractivity contribution in [1.29, 1.82) is 0 Å². The highest BCUT2D eigenvalue weighted by Gasteiger charge is 2.27. The van der Waals surface area contributed by atoms with Crippen molar-refractivity contribution in [2.75, 3.05) is 18.6 Å². The van der Waals surface area contributed by atoms with Crippen LogP contribution < -0.4 is 15.4 Å². The summed E-state index contributed by atoms with van der Waals surface area (Å²) >= 11 is 1.42. The molecule has 0 saturated heterocycles. The molecule has 1 aromatic carbocycles. The van der Waals surface area contributed by atoms with Gasteiger partial charge in [0, 0.05) is 24.2 Å². The number of carbonyl (C=O) groups is 1. The van der Waals surface area contributed by atoms with E-state index in [0.29, 0.717) is 18.8 Å². The first-order valence-electron chi connectivity index (χ1n) is 6.36. The lowest BCUT2D eigenvalue weighted by Crippen LogP contribution is -2.29. The molecular weight excluding hydrogens is 274 g/mol. The van der Waals surface area contributed by atoms with Crippen molar-refractivity contribution in [3.63, 3.8) is 0 Å². The third-order valence-corrected chi connectivity index (χ3v) is 4.24. The van der Waals surface area contributed by atoms with E-state index in [1.54, 1.807) is 17.4 Å². The van der Waals surface area contributed by atoms with Crippen LogP contribution in [0.15, 0.2) is 23.6 Å². The van der Waals surface area contributed by atoms with Crippen LogP contribution in [0.25, 0.3) is 0 Å². The number of amides is 1. The Labute approximate surface area is 121 Å². The predicted octanol–water partition coefficient (Wildman–Crippen LogP) is 1.81. The van der Waals surface area contributed by atoms with Gasteiger partial charge in [-0.05, 0) is 30.2 Å². The molecule has 0 aliphatic carbocycles. The SMILES string of the molecule is COc1ccc2c(c1)CCN2C(=O)c1csc(CN)n1. The fraction of sp³-hybridized carbons (Fsp3) is 0.286. The van der Waals surface area contributed by atoms with Gasteiger partial charge in [-0.1, -0.05) is 0 Å². The molecule has 0 fully saturated rings. The van der Waals surface area contributed by atoms with Crippen molar-refractivity contribution < 1.29 is 9.53 Å². The molecule has 3 rings (SSSR count). The lowest BCUT2D eigenvalue weighted by Gasteiger charge is -2.16. The Morgan fingerprint density at radius 1 is 1.55 bits per heavy atom. The van der Waals surface area contributed by atoms with Gasteiger partial charge in [0.05, 0.1) is 7.11 Å². The quantitative estimate of drug-likeness (QED) is 0.935. The van der Waals surface area contributed by atoms with E-state index < -0.39 is 0 Å². The molecule has 0 spiro atoms. The lowest BCUT2D eigenvalue weighted by atomic mass is 10.1. The van der Waals surface area contributed by atoms with Crippen LogP contribution in [0.1, 0.15) is 21.1 Å². The maximum Gasteiger partial charge on any atom is 0.277 e. The average molecular weight is 289 g/mol. The molecule has 1 aliphatic heterocycles. The van der Waals surface area contributed by atoms with E-state index in [1.807, 2.05) is 18.2 Å². The van der Waals surface area contributed by atoms with E-state index in [9.17, 15) is 4.79 Å². The summed E-state index contributed by atoms with van der Waals surface area (Å²) in [4.78, 5) is 18.5. The van der Waals surface area contributed by atoms with Crippen molar-refractivity contribution in [1.82, 2.24) is 4.98 Å². The van der Waals surface area contributed by atoms with Gasteiger partial charge in [-0.25, -0.2) is 4.98 Å². The first kappa shape index (κ1) is 13.1. The molecule has 0 bridgehead atoms. The van der Waals surface area contributed by atoms with Gasteiger partial charge in [-0.2, -0.15) is 0 Å². The summed E-state index contributed by atoms with van der Waals surface area (Å²) in [5, 5.41) is 2.55.